The van der Waals surface area contributed by atoms with Gasteiger partial charge in [0.15, 0.2) is 0 Å². The van der Waals surface area contributed by atoms with Crippen molar-refractivity contribution in [2.45, 2.75) is 27.1 Å². The van der Waals surface area contributed by atoms with Gasteiger partial charge in [-0.3, -0.25) is 0 Å². The molecular formula is C18H16N2O4S2. The molecule has 0 fully saturated rings. The maximum atomic E-state index is 12.0. The van der Waals surface area contributed by atoms with E-state index in [0.29, 0.717) is 21.1 Å². The van der Waals surface area contributed by atoms with Crippen LogP contribution in [0.25, 0.3) is 0 Å². The summed E-state index contributed by atoms with van der Waals surface area (Å²) in [5.74, 6) is -0.773. The molecule has 3 aromatic rings. The SMILES string of the molecule is Cc1ncsc1C(=O)OCc1cccc(COC(=O)c2scnc2C)c1. The number of hydrogen-bond donors (Lipinski definition) is 0. The average molecular weight is 388 g/mol. The average Bonchev–Trinajstić information content (AvgIpc) is 3.26. The third kappa shape index (κ3) is 4.33. The van der Waals surface area contributed by atoms with Crippen LogP contribution in [0.2, 0.25) is 0 Å². The van der Waals surface area contributed by atoms with E-state index in [1.807, 2.05) is 24.3 Å². The van der Waals surface area contributed by atoms with Crippen LogP contribution in [0.4, 0.5) is 0 Å². The number of nitrogens with zero attached hydrogens (tertiary/aromatic N) is 2. The summed E-state index contributed by atoms with van der Waals surface area (Å²) < 4.78 is 10.7. The Morgan fingerprint density at radius 3 is 1.73 bits per heavy atom. The fraction of sp³-hybridized carbons (Fsp3) is 0.222. The topological polar surface area (TPSA) is 78.4 Å². The molecule has 0 radical (unpaired) electrons. The van der Waals surface area contributed by atoms with Crippen molar-refractivity contribution in [2.75, 3.05) is 0 Å². The molecule has 0 aliphatic rings. The Morgan fingerprint density at radius 2 is 1.35 bits per heavy atom. The van der Waals surface area contributed by atoms with Gasteiger partial charge in [0, 0.05) is 0 Å². The van der Waals surface area contributed by atoms with Crippen molar-refractivity contribution in [1.29, 1.82) is 0 Å². The molecule has 0 aliphatic heterocycles. The molecule has 0 saturated carbocycles. The summed E-state index contributed by atoms with van der Waals surface area (Å²) >= 11 is 2.52. The molecule has 0 saturated heterocycles. The van der Waals surface area contributed by atoms with Crippen molar-refractivity contribution in [2.24, 2.45) is 0 Å². The Labute approximate surface area is 158 Å². The van der Waals surface area contributed by atoms with Crippen LogP contribution in [0.1, 0.15) is 41.9 Å². The Kier molecular flexibility index (Phi) is 5.75. The highest BCUT2D eigenvalue weighted by Crippen LogP contribution is 2.17. The third-order valence-corrected chi connectivity index (χ3v) is 5.41. The van der Waals surface area contributed by atoms with E-state index in [-0.39, 0.29) is 25.2 Å². The van der Waals surface area contributed by atoms with Gasteiger partial charge in [0.2, 0.25) is 0 Å². The minimum atomic E-state index is -0.387. The molecule has 0 aliphatic carbocycles. The summed E-state index contributed by atoms with van der Waals surface area (Å²) in [6.07, 6.45) is 0. The zero-order valence-corrected chi connectivity index (χ0v) is 15.9. The zero-order chi connectivity index (χ0) is 18.5. The van der Waals surface area contributed by atoms with Crippen molar-refractivity contribution >= 4 is 34.6 Å². The molecule has 0 atom stereocenters. The van der Waals surface area contributed by atoms with Gasteiger partial charge in [-0.05, 0) is 31.0 Å². The van der Waals surface area contributed by atoms with Crippen LogP contribution >= 0.6 is 22.7 Å². The van der Waals surface area contributed by atoms with E-state index in [0.717, 1.165) is 11.1 Å². The van der Waals surface area contributed by atoms with Crippen molar-refractivity contribution < 1.29 is 19.1 Å². The number of benzene rings is 1. The summed E-state index contributed by atoms with van der Waals surface area (Å²) in [5.41, 5.74) is 6.21. The van der Waals surface area contributed by atoms with Gasteiger partial charge in [-0.1, -0.05) is 18.2 Å². The van der Waals surface area contributed by atoms with E-state index < -0.39 is 0 Å². The highest BCUT2D eigenvalue weighted by Gasteiger charge is 2.15. The number of rotatable bonds is 6. The monoisotopic (exact) mass is 388 g/mol. The molecule has 0 spiro atoms. The molecule has 2 aromatic heterocycles. The number of hydrogen-bond acceptors (Lipinski definition) is 8. The second-order valence-corrected chi connectivity index (χ2v) is 7.22. The fourth-order valence-electron chi connectivity index (χ4n) is 2.23. The van der Waals surface area contributed by atoms with Crippen molar-refractivity contribution in [3.8, 4) is 0 Å². The lowest BCUT2D eigenvalue weighted by Crippen LogP contribution is -2.06. The van der Waals surface area contributed by atoms with E-state index in [1.165, 1.54) is 22.7 Å². The van der Waals surface area contributed by atoms with Crippen LogP contribution in [-0.4, -0.2) is 21.9 Å². The molecule has 26 heavy (non-hydrogen) atoms. The number of carbonyl (C=O) groups is 2. The lowest BCUT2D eigenvalue weighted by molar-refractivity contribution is 0.0476. The predicted molar refractivity (Wildman–Crippen MR) is 98.4 cm³/mol. The maximum absolute atomic E-state index is 12.0. The molecule has 0 N–H and O–H groups in total. The van der Waals surface area contributed by atoms with Gasteiger partial charge < -0.3 is 9.47 Å². The molecule has 2 heterocycles. The largest absolute Gasteiger partial charge is 0.457 e. The second-order valence-electron chi connectivity index (χ2n) is 5.51. The molecule has 6 nitrogen and oxygen atoms in total. The molecule has 0 amide bonds. The molecule has 134 valence electrons. The summed E-state index contributed by atoms with van der Waals surface area (Å²) in [5, 5.41) is 0. The summed E-state index contributed by atoms with van der Waals surface area (Å²) in [6, 6.07) is 7.39. The minimum absolute atomic E-state index is 0.145. The molecule has 3 rings (SSSR count). The van der Waals surface area contributed by atoms with Crippen LogP contribution in [0, 0.1) is 13.8 Å². The maximum Gasteiger partial charge on any atom is 0.350 e. The Hall–Kier alpha value is -2.58. The predicted octanol–water partition coefficient (Wildman–Crippen LogP) is 3.93. The zero-order valence-electron chi connectivity index (χ0n) is 14.2. The summed E-state index contributed by atoms with van der Waals surface area (Å²) in [6.45, 7) is 3.83. The fourth-order valence-corrected chi connectivity index (χ4v) is 3.62. The van der Waals surface area contributed by atoms with Crippen molar-refractivity contribution in [1.82, 2.24) is 9.97 Å². The van der Waals surface area contributed by atoms with Gasteiger partial charge >= 0.3 is 11.9 Å². The number of esters is 2. The van der Waals surface area contributed by atoms with Crippen LogP contribution in [-0.2, 0) is 22.7 Å². The van der Waals surface area contributed by atoms with Gasteiger partial charge in [-0.25, -0.2) is 19.6 Å². The third-order valence-electron chi connectivity index (χ3n) is 3.59. The van der Waals surface area contributed by atoms with E-state index >= 15 is 0 Å². The normalized spacial score (nSPS) is 10.5. The highest BCUT2D eigenvalue weighted by molar-refractivity contribution is 7.12. The van der Waals surface area contributed by atoms with Crippen LogP contribution in [0.5, 0.6) is 0 Å². The Bertz CT molecular complexity index is 861. The molecule has 0 unspecified atom stereocenters. The highest BCUT2D eigenvalue weighted by atomic mass is 32.1. The number of aryl methyl sites for hydroxylation is 2. The number of carbonyl (C=O) groups excluding carboxylic acids is 2. The molecule has 8 heteroatoms. The first-order valence-electron chi connectivity index (χ1n) is 7.77. The standard InChI is InChI=1S/C18H16N2O4S2/c1-11-15(25-9-19-11)17(21)23-7-13-4-3-5-14(6-13)8-24-18(22)16-12(2)20-10-26-16/h3-6,9-10H,7-8H2,1-2H3. The molecule has 0 bridgehead atoms. The van der Waals surface area contributed by atoms with E-state index in [4.69, 9.17) is 9.47 Å². The lowest BCUT2D eigenvalue weighted by Gasteiger charge is -2.07. The van der Waals surface area contributed by atoms with Crippen LogP contribution in [0.3, 0.4) is 0 Å². The smallest absolute Gasteiger partial charge is 0.350 e. The Balaban J connectivity index is 1.56. The number of thiazole rings is 2. The Morgan fingerprint density at radius 1 is 0.885 bits per heavy atom. The number of ether oxygens (including phenoxy) is 2. The van der Waals surface area contributed by atoms with Crippen molar-refractivity contribution in [3.63, 3.8) is 0 Å². The first-order valence-corrected chi connectivity index (χ1v) is 9.52. The van der Waals surface area contributed by atoms with E-state index in [1.54, 1.807) is 24.9 Å². The van der Waals surface area contributed by atoms with E-state index in [9.17, 15) is 9.59 Å². The van der Waals surface area contributed by atoms with Gasteiger partial charge in [0.25, 0.3) is 0 Å². The summed E-state index contributed by atoms with van der Waals surface area (Å²) in [7, 11) is 0. The lowest BCUT2D eigenvalue weighted by atomic mass is 10.1. The number of aromatic nitrogens is 2. The van der Waals surface area contributed by atoms with Gasteiger partial charge in [0.1, 0.15) is 23.0 Å². The quantitative estimate of drug-likeness (QED) is 0.596. The molecular weight excluding hydrogens is 372 g/mol. The molecule has 1 aromatic carbocycles. The van der Waals surface area contributed by atoms with Gasteiger partial charge in [-0.2, -0.15) is 0 Å². The van der Waals surface area contributed by atoms with Crippen LogP contribution in [0.15, 0.2) is 35.3 Å². The van der Waals surface area contributed by atoms with Gasteiger partial charge in [-0.15, -0.1) is 22.7 Å². The summed E-state index contributed by atoms with van der Waals surface area (Å²) in [4.78, 5) is 33.2. The second kappa shape index (κ2) is 8.20. The minimum Gasteiger partial charge on any atom is -0.457 e. The van der Waals surface area contributed by atoms with Crippen LogP contribution < -0.4 is 0 Å². The first-order chi connectivity index (χ1) is 12.5. The van der Waals surface area contributed by atoms with Gasteiger partial charge in [0.05, 0.1) is 22.4 Å². The van der Waals surface area contributed by atoms with Crippen molar-refractivity contribution in [3.05, 3.63) is 67.6 Å². The first kappa shape index (κ1) is 18.2. The van der Waals surface area contributed by atoms with E-state index in [2.05, 4.69) is 9.97 Å².